The highest BCUT2D eigenvalue weighted by Crippen LogP contribution is 2.45. The number of imide groups is 1. The standard InChI is InChI=1S/C50H77N11O3.CH4.H3N.2H2/c1-8-36(4)61-34-45(50(6)35-54-48(56-47(50)61)53-29-38(9-2)10-3)41-18-16-39(17-19-41)31-58-24-26-59(27-25-58)33-43(51)30-52-22-12-11-14-40-20-21-44-28-42(40)32-57(7)49(64)60(44)23-13-15-46(63)55-37(5)62;;;;/h16-21,30,34,36,38,42,52H,8-15,22-29,31-33,35,51H2,1-7H3,(H,53,54)(H,55,62,63);1H4;1H3;2*1H/b43-30-;;;;. The highest BCUT2D eigenvalue weighted by Gasteiger charge is 2.46. The summed E-state index contributed by atoms with van der Waals surface area (Å²) in [5.74, 6) is 2.15. The fourth-order valence-electron chi connectivity index (χ4n) is 9.60. The van der Waals surface area contributed by atoms with Crippen LogP contribution in [-0.2, 0) is 16.1 Å². The predicted octanol–water partition coefficient (Wildman–Crippen LogP) is 7.55. The van der Waals surface area contributed by atoms with Gasteiger partial charge in [-0.3, -0.25) is 29.6 Å². The number of carbonyl (C=O) groups excluding carboxylic acids is 3. The van der Waals surface area contributed by atoms with Gasteiger partial charge < -0.3 is 32.3 Å². The van der Waals surface area contributed by atoms with Gasteiger partial charge in [-0.25, -0.2) is 9.79 Å². The van der Waals surface area contributed by atoms with Crippen LogP contribution in [0.2, 0.25) is 0 Å². The van der Waals surface area contributed by atoms with Crippen molar-refractivity contribution in [3.05, 3.63) is 76.9 Å². The molecule has 5 aliphatic rings. The summed E-state index contributed by atoms with van der Waals surface area (Å²) in [6, 6.07) is 9.51. The van der Waals surface area contributed by atoms with Gasteiger partial charge in [-0.15, -0.1) is 0 Å². The average Bonchev–Trinajstić information content (AvgIpc) is 3.55. The first-order chi connectivity index (χ1) is 30.8. The molecule has 0 radical (unpaired) electrons. The number of carbonyl (C=O) groups is 3. The summed E-state index contributed by atoms with van der Waals surface area (Å²) >= 11 is 0. The van der Waals surface area contributed by atoms with Crippen LogP contribution >= 0.6 is 0 Å². The maximum Gasteiger partial charge on any atom is 0.323 e. The van der Waals surface area contributed by atoms with Crippen LogP contribution < -0.4 is 27.8 Å². The van der Waals surface area contributed by atoms with Crippen LogP contribution in [0.1, 0.15) is 121 Å². The van der Waals surface area contributed by atoms with Gasteiger partial charge >= 0.3 is 6.03 Å². The van der Waals surface area contributed by atoms with E-state index in [1.54, 1.807) is 9.80 Å². The molecular formula is C51H88N12O3. The Morgan fingerprint density at radius 2 is 1.73 bits per heavy atom. The van der Waals surface area contributed by atoms with Gasteiger partial charge in [0.15, 0.2) is 0 Å². The lowest BCUT2D eigenvalue weighted by atomic mass is 9.79. The van der Waals surface area contributed by atoms with Gasteiger partial charge in [0.05, 0.1) is 12.0 Å². The molecule has 66 heavy (non-hydrogen) atoms. The summed E-state index contributed by atoms with van der Waals surface area (Å²) in [4.78, 5) is 57.4. The molecule has 3 atom stereocenters. The number of guanidine groups is 1. The molecule has 0 saturated carbocycles. The number of amidine groups is 1. The third-order valence-corrected chi connectivity index (χ3v) is 14.0. The smallest absolute Gasteiger partial charge is 0.323 e. The number of nitrogens with two attached hydrogens (primary N) is 1. The number of hydrogen-bond acceptors (Lipinski definition) is 12. The van der Waals surface area contributed by atoms with Gasteiger partial charge in [-0.2, -0.15) is 4.99 Å². The van der Waals surface area contributed by atoms with E-state index in [-0.39, 0.29) is 46.1 Å². The van der Waals surface area contributed by atoms with E-state index in [2.05, 4.69) is 108 Å². The fourth-order valence-corrected chi connectivity index (χ4v) is 9.60. The first kappa shape index (κ1) is 53.6. The van der Waals surface area contributed by atoms with Crippen LogP contribution in [-0.4, -0.2) is 133 Å². The Kier molecular flexibility index (Phi) is 20.5. The Morgan fingerprint density at radius 1 is 1.02 bits per heavy atom. The van der Waals surface area contributed by atoms with E-state index in [0.29, 0.717) is 43.9 Å². The second-order valence-corrected chi connectivity index (χ2v) is 18.9. The average molecular weight is 917 g/mol. The molecule has 370 valence electrons. The van der Waals surface area contributed by atoms with Crippen LogP contribution in [0.3, 0.4) is 0 Å². The Labute approximate surface area is 399 Å². The number of amides is 4. The highest BCUT2D eigenvalue weighted by atomic mass is 16.2. The third kappa shape index (κ3) is 13.8. The van der Waals surface area contributed by atoms with E-state index < -0.39 is 0 Å². The van der Waals surface area contributed by atoms with Crippen molar-refractivity contribution in [3.8, 4) is 0 Å². The van der Waals surface area contributed by atoms with E-state index in [9.17, 15) is 14.4 Å². The maximum atomic E-state index is 13.2. The molecule has 8 N–H and O–H groups in total. The molecule has 1 aromatic rings. The lowest BCUT2D eigenvalue weighted by molar-refractivity contribution is -0.129. The summed E-state index contributed by atoms with van der Waals surface area (Å²) in [5.41, 5.74) is 13.4. The van der Waals surface area contributed by atoms with Gasteiger partial charge in [-0.05, 0) is 81.1 Å². The van der Waals surface area contributed by atoms with Crippen molar-refractivity contribution in [2.24, 2.45) is 33.0 Å². The molecule has 2 fully saturated rings. The van der Waals surface area contributed by atoms with Crippen LogP contribution in [0.5, 0.6) is 0 Å². The number of nitrogens with one attached hydrogen (secondary N) is 3. The molecule has 4 aliphatic heterocycles. The number of rotatable bonds is 21. The summed E-state index contributed by atoms with van der Waals surface area (Å²) in [6.45, 7) is 22.0. The lowest BCUT2D eigenvalue weighted by Crippen LogP contribution is -2.47. The van der Waals surface area contributed by atoms with E-state index in [4.69, 9.17) is 15.7 Å². The summed E-state index contributed by atoms with van der Waals surface area (Å²) < 4.78 is 0. The van der Waals surface area contributed by atoms with Crippen LogP contribution in [0.25, 0.3) is 5.57 Å². The first-order valence-corrected chi connectivity index (χ1v) is 24.1. The molecule has 2 saturated heterocycles. The predicted molar refractivity (Wildman–Crippen MR) is 275 cm³/mol. The molecule has 0 aromatic heterocycles. The molecule has 3 unspecified atom stereocenters. The molecule has 0 spiro atoms. The SMILES string of the molecule is C.CCC(CC)CNC1=NCC2(C)C(c3ccc(CN4CCN(C/C(N)=C/NCCCCC5=CC=C6CC5CN(C)C(=O)N6CCCC(=O)NC(C)=O)CC4)cc3)=CN(C(C)CC)C2=N1.N.[HH].[HH]. The highest BCUT2D eigenvalue weighted by molar-refractivity contribution is 6.11. The molecule has 1 aromatic carbocycles. The lowest BCUT2D eigenvalue weighted by Gasteiger charge is -2.35. The molecule has 15 heteroatoms. The number of nitrogens with zero attached hydrogens (tertiary/aromatic N) is 7. The fraction of sp³-hybridized carbons (Fsp3) is 0.627. The summed E-state index contributed by atoms with van der Waals surface area (Å²) in [7, 11) is 1.85. The molecule has 1 aliphatic carbocycles. The van der Waals surface area contributed by atoms with E-state index >= 15 is 0 Å². The van der Waals surface area contributed by atoms with Crippen molar-refractivity contribution in [1.29, 1.82) is 0 Å². The molecule has 2 bridgehead atoms. The zero-order valence-electron chi connectivity index (χ0n) is 40.6. The van der Waals surface area contributed by atoms with E-state index in [0.717, 1.165) is 120 Å². The van der Waals surface area contributed by atoms with Crippen LogP contribution in [0.15, 0.2) is 75.8 Å². The van der Waals surface area contributed by atoms with Gasteiger partial charge in [0.1, 0.15) is 5.84 Å². The number of benzene rings is 1. The topological polar surface area (TPSA) is 189 Å². The largest absolute Gasteiger partial charge is 0.400 e. The molecule has 6 rings (SSSR count). The minimum Gasteiger partial charge on any atom is -0.400 e. The van der Waals surface area contributed by atoms with Gasteiger partial charge in [-0.1, -0.05) is 77.0 Å². The van der Waals surface area contributed by atoms with Gasteiger partial charge in [0, 0.05) is 124 Å². The quantitative estimate of drug-likeness (QED) is 0.0771. The van der Waals surface area contributed by atoms with Crippen molar-refractivity contribution in [2.75, 3.05) is 72.5 Å². The molecular weight excluding hydrogens is 829 g/mol. The number of urea groups is 1. The first-order valence-electron chi connectivity index (χ1n) is 24.1. The summed E-state index contributed by atoms with van der Waals surface area (Å²) in [5, 5.41) is 9.31. The molecule has 4 amide bonds. The number of fused-ring (bicyclic) bond motifs is 3. The van der Waals surface area contributed by atoms with Crippen LogP contribution in [0, 0.1) is 17.3 Å². The van der Waals surface area contributed by atoms with Crippen molar-refractivity contribution < 1.29 is 17.2 Å². The minimum atomic E-state index is -0.362. The second kappa shape index (κ2) is 25.2. The number of aliphatic imine (C=N–C) groups is 2. The van der Waals surface area contributed by atoms with E-state index in [1.165, 1.54) is 29.2 Å². The van der Waals surface area contributed by atoms with Crippen molar-refractivity contribution in [1.82, 2.24) is 46.6 Å². The number of hydrogen-bond donors (Lipinski definition) is 5. The van der Waals surface area contributed by atoms with Crippen molar-refractivity contribution in [2.45, 2.75) is 119 Å². The van der Waals surface area contributed by atoms with Gasteiger partial charge in [0.2, 0.25) is 17.8 Å². The van der Waals surface area contributed by atoms with Crippen LogP contribution in [0.4, 0.5) is 4.79 Å². The monoisotopic (exact) mass is 917 g/mol. The Bertz CT molecular complexity index is 1990. The number of unbranched alkanes of at least 4 members (excludes halogenated alkanes) is 1. The molecule has 15 nitrogen and oxygen atoms in total. The third-order valence-electron chi connectivity index (χ3n) is 14.0. The Balaban J connectivity index is 0.00000397. The zero-order chi connectivity index (χ0) is 45.8. The maximum absolute atomic E-state index is 13.2. The second-order valence-electron chi connectivity index (χ2n) is 18.9. The number of allylic oxidation sites excluding steroid dienone is 3. The van der Waals surface area contributed by atoms with E-state index in [1.807, 2.05) is 13.2 Å². The Morgan fingerprint density at radius 3 is 2.41 bits per heavy atom. The Hall–Kier alpha value is -4.99. The van der Waals surface area contributed by atoms with Gasteiger partial charge in [0.25, 0.3) is 0 Å². The summed E-state index contributed by atoms with van der Waals surface area (Å²) in [6.07, 6.45) is 16.6. The van der Waals surface area contributed by atoms with Crippen molar-refractivity contribution >= 4 is 35.2 Å². The number of piperazine rings is 1. The molecule has 4 heterocycles. The van der Waals surface area contributed by atoms with Crippen molar-refractivity contribution in [3.63, 3.8) is 0 Å². The minimum absolute atomic E-state index is 0. The normalized spacial score (nSPS) is 21.6. The zero-order valence-corrected chi connectivity index (χ0v) is 40.6.